The summed E-state index contributed by atoms with van der Waals surface area (Å²) in [6, 6.07) is 4.93. The second kappa shape index (κ2) is 5.19. The highest BCUT2D eigenvalue weighted by molar-refractivity contribution is 5.52. The van der Waals surface area contributed by atoms with Crippen LogP contribution < -0.4 is 14.8 Å². The van der Waals surface area contributed by atoms with Crippen LogP contribution in [0.1, 0.15) is 30.4 Å². The summed E-state index contributed by atoms with van der Waals surface area (Å²) < 4.78 is 11.6. The predicted molar refractivity (Wildman–Crippen MR) is 71.5 cm³/mol. The van der Waals surface area contributed by atoms with Gasteiger partial charge in [0.15, 0.2) is 11.5 Å². The lowest BCUT2D eigenvalue weighted by Gasteiger charge is -2.27. The van der Waals surface area contributed by atoms with E-state index in [9.17, 15) is 0 Å². The van der Waals surface area contributed by atoms with Crippen molar-refractivity contribution in [2.24, 2.45) is 0 Å². The molecule has 1 unspecified atom stereocenters. The summed E-state index contributed by atoms with van der Waals surface area (Å²) >= 11 is 0. The number of nitrogens with one attached hydrogen (secondary N) is 1. The first-order valence-corrected chi connectivity index (χ1v) is 6.96. The highest BCUT2D eigenvalue weighted by Gasteiger charge is 2.21. The van der Waals surface area contributed by atoms with Gasteiger partial charge in [-0.25, -0.2) is 0 Å². The average Bonchev–Trinajstić information content (AvgIpc) is 2.44. The summed E-state index contributed by atoms with van der Waals surface area (Å²) in [4.78, 5) is 0. The Balaban J connectivity index is 1.82. The van der Waals surface area contributed by atoms with Gasteiger partial charge >= 0.3 is 0 Å². The summed E-state index contributed by atoms with van der Waals surface area (Å²) in [5, 5.41) is 3.59. The molecule has 2 aliphatic heterocycles. The molecule has 98 valence electrons. The van der Waals surface area contributed by atoms with Crippen molar-refractivity contribution in [3.05, 3.63) is 23.3 Å². The first-order chi connectivity index (χ1) is 8.84. The van der Waals surface area contributed by atoms with E-state index in [-0.39, 0.29) is 0 Å². The third kappa shape index (κ3) is 2.32. The van der Waals surface area contributed by atoms with Crippen molar-refractivity contribution in [1.82, 2.24) is 5.32 Å². The number of ether oxygens (including phenoxy) is 2. The smallest absolute Gasteiger partial charge is 0.164 e. The number of piperidine rings is 1. The van der Waals surface area contributed by atoms with Gasteiger partial charge in [-0.05, 0) is 43.9 Å². The molecule has 1 saturated heterocycles. The molecule has 3 nitrogen and oxygen atoms in total. The lowest BCUT2D eigenvalue weighted by atomic mass is 9.96. The van der Waals surface area contributed by atoms with Crippen LogP contribution in [-0.4, -0.2) is 25.8 Å². The molecule has 1 aromatic rings. The third-order valence-electron chi connectivity index (χ3n) is 3.85. The Hall–Kier alpha value is -1.22. The number of benzene rings is 1. The molecular formula is C15H21NO2. The van der Waals surface area contributed by atoms with E-state index in [0.717, 1.165) is 24.5 Å². The monoisotopic (exact) mass is 247 g/mol. The van der Waals surface area contributed by atoms with Crippen molar-refractivity contribution in [1.29, 1.82) is 0 Å². The van der Waals surface area contributed by atoms with Crippen LogP contribution in [-0.2, 0) is 6.42 Å². The fraction of sp³-hybridized carbons (Fsp3) is 0.600. The molecule has 1 aromatic carbocycles. The number of rotatable bonds is 2. The molecule has 1 atom stereocenters. The van der Waals surface area contributed by atoms with Crippen LogP contribution >= 0.6 is 0 Å². The zero-order chi connectivity index (χ0) is 12.4. The van der Waals surface area contributed by atoms with Gasteiger partial charge in [-0.2, -0.15) is 0 Å². The minimum Gasteiger partial charge on any atom is -0.486 e. The lowest BCUT2D eigenvalue weighted by molar-refractivity contribution is 0.168. The van der Waals surface area contributed by atoms with Gasteiger partial charge in [0.1, 0.15) is 13.2 Å². The van der Waals surface area contributed by atoms with Crippen molar-refractivity contribution in [3.63, 3.8) is 0 Å². The van der Waals surface area contributed by atoms with Crippen LogP contribution in [0.15, 0.2) is 12.1 Å². The standard InChI is InChI=1S/C15H21NO2/c1-11-5-6-12(10-13-4-2-3-7-16-13)15-14(11)17-8-9-18-15/h5-6,13,16H,2-4,7-10H2,1H3. The maximum atomic E-state index is 5.82. The van der Waals surface area contributed by atoms with E-state index >= 15 is 0 Å². The van der Waals surface area contributed by atoms with E-state index < -0.39 is 0 Å². The molecule has 3 rings (SSSR count). The second-order valence-corrected chi connectivity index (χ2v) is 5.25. The Morgan fingerprint density at radius 3 is 2.78 bits per heavy atom. The van der Waals surface area contributed by atoms with Crippen molar-refractivity contribution in [3.8, 4) is 11.5 Å². The Morgan fingerprint density at radius 1 is 1.17 bits per heavy atom. The fourth-order valence-electron chi connectivity index (χ4n) is 2.85. The number of fused-ring (bicyclic) bond motifs is 1. The molecule has 2 aliphatic rings. The van der Waals surface area contributed by atoms with Gasteiger partial charge in [-0.3, -0.25) is 0 Å². The van der Waals surface area contributed by atoms with Crippen LogP contribution in [0.2, 0.25) is 0 Å². The van der Waals surface area contributed by atoms with Crippen LogP contribution in [0, 0.1) is 6.92 Å². The van der Waals surface area contributed by atoms with Gasteiger partial charge in [-0.15, -0.1) is 0 Å². The quantitative estimate of drug-likeness (QED) is 0.870. The van der Waals surface area contributed by atoms with Crippen LogP contribution in [0.3, 0.4) is 0 Å². The predicted octanol–water partition coefficient (Wildman–Crippen LogP) is 2.45. The fourth-order valence-corrected chi connectivity index (χ4v) is 2.85. The van der Waals surface area contributed by atoms with E-state index in [2.05, 4.69) is 24.4 Å². The van der Waals surface area contributed by atoms with Gasteiger partial charge in [0, 0.05) is 6.04 Å². The second-order valence-electron chi connectivity index (χ2n) is 5.25. The number of hydrogen-bond donors (Lipinski definition) is 1. The minimum atomic E-state index is 0.594. The number of hydrogen-bond acceptors (Lipinski definition) is 3. The van der Waals surface area contributed by atoms with Crippen molar-refractivity contribution >= 4 is 0 Å². The van der Waals surface area contributed by atoms with E-state index in [4.69, 9.17) is 9.47 Å². The Morgan fingerprint density at radius 2 is 2.00 bits per heavy atom. The van der Waals surface area contributed by atoms with Crippen LogP contribution in [0.4, 0.5) is 0 Å². The molecule has 0 radical (unpaired) electrons. The molecule has 2 heterocycles. The highest BCUT2D eigenvalue weighted by atomic mass is 16.6. The summed E-state index contributed by atoms with van der Waals surface area (Å²) in [6.07, 6.45) is 4.96. The lowest BCUT2D eigenvalue weighted by Crippen LogP contribution is -2.35. The average molecular weight is 247 g/mol. The van der Waals surface area contributed by atoms with Crippen molar-refractivity contribution in [2.75, 3.05) is 19.8 Å². The van der Waals surface area contributed by atoms with E-state index in [0.29, 0.717) is 19.3 Å². The van der Waals surface area contributed by atoms with Crippen molar-refractivity contribution < 1.29 is 9.47 Å². The zero-order valence-electron chi connectivity index (χ0n) is 11.0. The van der Waals surface area contributed by atoms with E-state index in [1.807, 2.05) is 0 Å². The van der Waals surface area contributed by atoms with Crippen molar-refractivity contribution in [2.45, 2.75) is 38.6 Å². The summed E-state index contributed by atoms with van der Waals surface area (Å²) in [7, 11) is 0. The summed E-state index contributed by atoms with van der Waals surface area (Å²) in [6.45, 7) is 4.56. The zero-order valence-corrected chi connectivity index (χ0v) is 11.0. The number of aryl methyl sites for hydroxylation is 1. The molecular weight excluding hydrogens is 226 g/mol. The third-order valence-corrected chi connectivity index (χ3v) is 3.85. The SMILES string of the molecule is Cc1ccc(CC2CCCCN2)c2c1OCCO2. The molecule has 0 spiro atoms. The Labute approximate surface area is 108 Å². The van der Waals surface area contributed by atoms with Crippen LogP contribution in [0.25, 0.3) is 0 Å². The summed E-state index contributed by atoms with van der Waals surface area (Å²) in [5.74, 6) is 1.93. The molecule has 3 heteroatoms. The normalized spacial score (nSPS) is 22.8. The molecule has 0 amide bonds. The maximum absolute atomic E-state index is 5.82. The van der Waals surface area contributed by atoms with Gasteiger partial charge in [0.25, 0.3) is 0 Å². The maximum Gasteiger partial charge on any atom is 0.164 e. The van der Waals surface area contributed by atoms with Gasteiger partial charge < -0.3 is 14.8 Å². The molecule has 1 N–H and O–H groups in total. The topological polar surface area (TPSA) is 30.5 Å². The molecule has 0 saturated carbocycles. The molecule has 0 aliphatic carbocycles. The summed E-state index contributed by atoms with van der Waals surface area (Å²) in [5.41, 5.74) is 2.46. The van der Waals surface area contributed by atoms with E-state index in [1.165, 1.54) is 30.4 Å². The van der Waals surface area contributed by atoms with Crippen LogP contribution in [0.5, 0.6) is 11.5 Å². The highest BCUT2D eigenvalue weighted by Crippen LogP contribution is 2.37. The molecule has 0 bridgehead atoms. The molecule has 0 aromatic heterocycles. The Bertz CT molecular complexity index is 425. The molecule has 18 heavy (non-hydrogen) atoms. The molecule has 1 fully saturated rings. The Kier molecular flexibility index (Phi) is 3.41. The van der Waals surface area contributed by atoms with Gasteiger partial charge in [0.2, 0.25) is 0 Å². The van der Waals surface area contributed by atoms with E-state index in [1.54, 1.807) is 0 Å². The minimum absolute atomic E-state index is 0.594. The first-order valence-electron chi connectivity index (χ1n) is 6.96. The van der Waals surface area contributed by atoms with Gasteiger partial charge in [0.05, 0.1) is 0 Å². The largest absolute Gasteiger partial charge is 0.486 e. The first kappa shape index (κ1) is 11.8. The van der Waals surface area contributed by atoms with Gasteiger partial charge in [-0.1, -0.05) is 18.6 Å².